The first-order chi connectivity index (χ1) is 8.69. The Kier molecular flexibility index (Phi) is 5.39. The monoisotopic (exact) mass is 283 g/mol. The number of benzene rings is 1. The standard InChI is InChI=1S/C15H22ClNO2/c1-10(17-15(3,4)5)14(19-11(2)18)12-7-6-8-13(16)9-12/h6-10,14,17H,1-5H3. The van der Waals surface area contributed by atoms with Crippen LogP contribution in [0.25, 0.3) is 0 Å². The predicted octanol–water partition coefficient (Wildman–Crippen LogP) is 3.72. The summed E-state index contributed by atoms with van der Waals surface area (Å²) in [6.07, 6.45) is -0.351. The zero-order chi connectivity index (χ0) is 14.6. The van der Waals surface area contributed by atoms with E-state index >= 15 is 0 Å². The second-order valence-electron chi connectivity index (χ2n) is 5.77. The molecule has 0 aliphatic heterocycles. The van der Waals surface area contributed by atoms with Crippen LogP contribution in [0, 0.1) is 0 Å². The van der Waals surface area contributed by atoms with Crippen LogP contribution in [-0.4, -0.2) is 17.6 Å². The number of hydrogen-bond donors (Lipinski definition) is 1. The van der Waals surface area contributed by atoms with Gasteiger partial charge in [-0.25, -0.2) is 0 Å². The van der Waals surface area contributed by atoms with Gasteiger partial charge in [0.15, 0.2) is 0 Å². The van der Waals surface area contributed by atoms with E-state index in [2.05, 4.69) is 26.1 Å². The third-order valence-electron chi connectivity index (χ3n) is 2.58. The molecule has 1 aromatic carbocycles. The van der Waals surface area contributed by atoms with Gasteiger partial charge in [-0.05, 0) is 45.4 Å². The van der Waals surface area contributed by atoms with Crippen molar-refractivity contribution in [3.05, 3.63) is 34.9 Å². The first-order valence-corrected chi connectivity index (χ1v) is 6.77. The zero-order valence-corrected chi connectivity index (χ0v) is 12.9. The predicted molar refractivity (Wildman–Crippen MR) is 78.3 cm³/mol. The van der Waals surface area contributed by atoms with E-state index in [9.17, 15) is 4.79 Å². The zero-order valence-electron chi connectivity index (χ0n) is 12.2. The van der Waals surface area contributed by atoms with Gasteiger partial charge in [-0.1, -0.05) is 23.7 Å². The Hall–Kier alpha value is -1.06. The van der Waals surface area contributed by atoms with Gasteiger partial charge in [-0.15, -0.1) is 0 Å². The Labute approximate surface area is 120 Å². The molecule has 2 atom stereocenters. The van der Waals surface area contributed by atoms with Gasteiger partial charge in [0.05, 0.1) is 0 Å². The highest BCUT2D eigenvalue weighted by Crippen LogP contribution is 2.25. The Morgan fingerprint density at radius 2 is 2.00 bits per heavy atom. The van der Waals surface area contributed by atoms with Crippen LogP contribution in [0.1, 0.15) is 46.3 Å². The van der Waals surface area contributed by atoms with Crippen molar-refractivity contribution in [1.29, 1.82) is 0 Å². The summed E-state index contributed by atoms with van der Waals surface area (Å²) < 4.78 is 5.44. The van der Waals surface area contributed by atoms with Crippen molar-refractivity contribution < 1.29 is 9.53 Å². The molecule has 0 fully saturated rings. The van der Waals surface area contributed by atoms with Crippen LogP contribution in [0.15, 0.2) is 24.3 Å². The second kappa shape index (κ2) is 6.40. The van der Waals surface area contributed by atoms with Crippen LogP contribution >= 0.6 is 11.6 Å². The number of carbonyl (C=O) groups excluding carboxylic acids is 1. The molecule has 0 spiro atoms. The van der Waals surface area contributed by atoms with Crippen LogP contribution in [0.3, 0.4) is 0 Å². The smallest absolute Gasteiger partial charge is 0.303 e. The van der Waals surface area contributed by atoms with Gasteiger partial charge < -0.3 is 10.1 Å². The summed E-state index contributed by atoms with van der Waals surface area (Å²) in [6.45, 7) is 9.64. The van der Waals surface area contributed by atoms with Crippen molar-refractivity contribution in [2.24, 2.45) is 0 Å². The summed E-state index contributed by atoms with van der Waals surface area (Å²) in [6, 6.07) is 7.40. The highest BCUT2D eigenvalue weighted by Gasteiger charge is 2.25. The molecular formula is C15H22ClNO2. The Balaban J connectivity index is 2.97. The number of carbonyl (C=O) groups is 1. The summed E-state index contributed by atoms with van der Waals surface area (Å²) in [5.41, 5.74) is 0.836. The van der Waals surface area contributed by atoms with Crippen LogP contribution < -0.4 is 5.32 Å². The highest BCUT2D eigenvalue weighted by atomic mass is 35.5. The van der Waals surface area contributed by atoms with E-state index in [1.807, 2.05) is 25.1 Å². The van der Waals surface area contributed by atoms with E-state index < -0.39 is 0 Å². The maximum absolute atomic E-state index is 11.3. The van der Waals surface area contributed by atoms with E-state index in [1.165, 1.54) is 6.92 Å². The maximum atomic E-state index is 11.3. The molecule has 0 heterocycles. The molecule has 1 N–H and O–H groups in total. The van der Waals surface area contributed by atoms with Crippen molar-refractivity contribution in [3.8, 4) is 0 Å². The molecule has 0 bridgehead atoms. The number of halogens is 1. The van der Waals surface area contributed by atoms with Gasteiger partial charge in [0.25, 0.3) is 0 Å². The van der Waals surface area contributed by atoms with Crippen molar-refractivity contribution in [2.45, 2.75) is 52.3 Å². The quantitative estimate of drug-likeness (QED) is 0.856. The van der Waals surface area contributed by atoms with Gasteiger partial charge in [-0.2, -0.15) is 0 Å². The lowest BCUT2D eigenvalue weighted by molar-refractivity contribution is -0.148. The lowest BCUT2D eigenvalue weighted by Gasteiger charge is -2.31. The molecule has 0 aromatic heterocycles. The number of nitrogens with one attached hydrogen (secondary N) is 1. The molecule has 4 heteroatoms. The van der Waals surface area contributed by atoms with Gasteiger partial charge in [0, 0.05) is 23.5 Å². The molecule has 0 aliphatic carbocycles. The number of rotatable bonds is 4. The molecule has 0 aliphatic rings. The van der Waals surface area contributed by atoms with Crippen molar-refractivity contribution in [3.63, 3.8) is 0 Å². The molecule has 1 rings (SSSR count). The van der Waals surface area contributed by atoms with Gasteiger partial charge >= 0.3 is 5.97 Å². The van der Waals surface area contributed by atoms with Crippen LogP contribution in [-0.2, 0) is 9.53 Å². The number of ether oxygens (including phenoxy) is 1. The summed E-state index contributed by atoms with van der Waals surface area (Å²) in [5, 5.41) is 4.06. The van der Waals surface area contributed by atoms with E-state index in [4.69, 9.17) is 16.3 Å². The molecule has 2 unspecified atom stereocenters. The minimum Gasteiger partial charge on any atom is -0.456 e. The van der Waals surface area contributed by atoms with Gasteiger partial charge in [0.2, 0.25) is 0 Å². The third-order valence-corrected chi connectivity index (χ3v) is 2.82. The van der Waals surface area contributed by atoms with Crippen LogP contribution in [0.5, 0.6) is 0 Å². The fraction of sp³-hybridized carbons (Fsp3) is 0.533. The fourth-order valence-corrected chi connectivity index (χ4v) is 2.28. The van der Waals surface area contributed by atoms with E-state index in [1.54, 1.807) is 6.07 Å². The molecule has 0 radical (unpaired) electrons. The summed E-state index contributed by atoms with van der Waals surface area (Å²) in [5.74, 6) is -0.299. The van der Waals surface area contributed by atoms with Gasteiger partial charge in [0.1, 0.15) is 6.10 Å². The Bertz CT molecular complexity index is 440. The number of esters is 1. The molecule has 106 valence electrons. The molecular weight excluding hydrogens is 262 g/mol. The van der Waals surface area contributed by atoms with E-state index in [0.717, 1.165) is 5.56 Å². The second-order valence-corrected chi connectivity index (χ2v) is 6.20. The Morgan fingerprint density at radius 3 is 2.47 bits per heavy atom. The third kappa shape index (κ3) is 5.62. The van der Waals surface area contributed by atoms with Crippen molar-refractivity contribution in [2.75, 3.05) is 0 Å². The molecule has 0 saturated heterocycles. The summed E-state index contributed by atoms with van der Waals surface area (Å²) in [4.78, 5) is 11.3. The first-order valence-electron chi connectivity index (χ1n) is 6.39. The van der Waals surface area contributed by atoms with Crippen molar-refractivity contribution in [1.82, 2.24) is 5.32 Å². The lowest BCUT2D eigenvalue weighted by Crippen LogP contribution is -2.45. The molecule has 0 saturated carbocycles. The normalized spacial score (nSPS) is 14.8. The molecule has 19 heavy (non-hydrogen) atoms. The SMILES string of the molecule is CC(=O)OC(c1cccc(Cl)c1)C(C)NC(C)(C)C. The minimum absolute atomic E-state index is 0.0117. The minimum atomic E-state index is -0.351. The fourth-order valence-electron chi connectivity index (χ4n) is 2.08. The largest absolute Gasteiger partial charge is 0.456 e. The average molecular weight is 284 g/mol. The first kappa shape index (κ1) is 16.0. The highest BCUT2D eigenvalue weighted by molar-refractivity contribution is 6.30. The maximum Gasteiger partial charge on any atom is 0.303 e. The van der Waals surface area contributed by atoms with Crippen molar-refractivity contribution >= 4 is 17.6 Å². The van der Waals surface area contributed by atoms with E-state index in [0.29, 0.717) is 5.02 Å². The molecule has 3 nitrogen and oxygen atoms in total. The number of hydrogen-bond acceptors (Lipinski definition) is 3. The summed E-state index contributed by atoms with van der Waals surface area (Å²) in [7, 11) is 0. The van der Waals surface area contributed by atoms with Crippen LogP contribution in [0.2, 0.25) is 5.02 Å². The lowest BCUT2D eigenvalue weighted by atomic mass is 10.00. The molecule has 0 amide bonds. The topological polar surface area (TPSA) is 38.3 Å². The summed E-state index contributed by atoms with van der Waals surface area (Å²) >= 11 is 6.00. The van der Waals surface area contributed by atoms with Crippen LogP contribution in [0.4, 0.5) is 0 Å². The van der Waals surface area contributed by atoms with Gasteiger partial charge in [-0.3, -0.25) is 4.79 Å². The average Bonchev–Trinajstić information content (AvgIpc) is 2.23. The van der Waals surface area contributed by atoms with E-state index in [-0.39, 0.29) is 23.7 Å². The molecule has 1 aromatic rings. The Morgan fingerprint density at radius 1 is 1.37 bits per heavy atom.